The molecule has 1 aromatic rings. The highest BCUT2D eigenvalue weighted by Crippen LogP contribution is 2.37. The van der Waals surface area contributed by atoms with E-state index in [0.717, 1.165) is 18.7 Å². The topological polar surface area (TPSA) is 43.8 Å². The Hall–Kier alpha value is -0.990. The number of aryl methyl sites for hydroxylation is 1. The summed E-state index contributed by atoms with van der Waals surface area (Å²) in [6, 6.07) is 0.416. The molecule has 1 aliphatic rings. The second-order valence-corrected chi connectivity index (χ2v) is 5.49. The lowest BCUT2D eigenvalue weighted by Crippen LogP contribution is -2.10. The van der Waals surface area contributed by atoms with Crippen LogP contribution in [0.1, 0.15) is 76.4 Å². The normalized spacial score (nSPS) is 17.2. The van der Waals surface area contributed by atoms with E-state index >= 15 is 0 Å². The van der Waals surface area contributed by atoms with Crippen LogP contribution in [0.25, 0.3) is 0 Å². The Balaban J connectivity index is 2.36. The van der Waals surface area contributed by atoms with Gasteiger partial charge in [-0.3, -0.25) is 0 Å². The molecule has 3 nitrogen and oxygen atoms in total. The summed E-state index contributed by atoms with van der Waals surface area (Å²) in [6.07, 6.45) is 7.38. The molecule has 1 saturated carbocycles. The van der Waals surface area contributed by atoms with E-state index in [1.54, 1.807) is 0 Å². The van der Waals surface area contributed by atoms with E-state index in [-0.39, 0.29) is 0 Å². The Morgan fingerprint density at radius 2 is 2.00 bits per heavy atom. The smallest absolute Gasteiger partial charge is 0.127 e. The number of anilines is 1. The van der Waals surface area contributed by atoms with Crippen molar-refractivity contribution in [3.05, 3.63) is 11.5 Å². The minimum Gasteiger partial charge on any atom is -0.384 e. The van der Waals surface area contributed by atoms with Crippen LogP contribution in [-0.4, -0.2) is 9.55 Å². The van der Waals surface area contributed by atoms with Crippen molar-refractivity contribution >= 4 is 5.82 Å². The maximum atomic E-state index is 6.32. The first-order valence-electron chi connectivity index (χ1n) is 7.01. The van der Waals surface area contributed by atoms with Gasteiger partial charge in [0.05, 0.1) is 5.69 Å². The molecular weight excluding hydrogens is 210 g/mol. The monoisotopic (exact) mass is 235 g/mol. The Kier molecular flexibility index (Phi) is 3.75. The molecule has 0 radical (unpaired) electrons. The minimum absolute atomic E-state index is 0.416. The standard InChI is InChI=1S/C14H25N3/c1-4-7-12-16-13(11-8-5-6-9-11)14(15)17(12)10(2)3/h10-11H,4-9,15H2,1-3H3. The van der Waals surface area contributed by atoms with Gasteiger partial charge < -0.3 is 10.3 Å². The molecular formula is C14H25N3. The second-order valence-electron chi connectivity index (χ2n) is 5.49. The fraction of sp³-hybridized carbons (Fsp3) is 0.786. The molecule has 1 aromatic heterocycles. The number of imidazole rings is 1. The number of nitrogen functional groups attached to an aromatic ring is 1. The summed E-state index contributed by atoms with van der Waals surface area (Å²) in [7, 11) is 0. The van der Waals surface area contributed by atoms with E-state index in [2.05, 4.69) is 25.3 Å². The van der Waals surface area contributed by atoms with E-state index < -0.39 is 0 Å². The molecule has 0 aromatic carbocycles. The molecule has 2 N–H and O–H groups in total. The van der Waals surface area contributed by atoms with Crippen LogP contribution in [0.4, 0.5) is 5.82 Å². The Morgan fingerprint density at radius 3 is 2.53 bits per heavy atom. The fourth-order valence-corrected chi connectivity index (χ4v) is 2.99. The predicted molar refractivity (Wildman–Crippen MR) is 72.2 cm³/mol. The Labute approximate surface area is 104 Å². The van der Waals surface area contributed by atoms with Gasteiger partial charge in [0.25, 0.3) is 0 Å². The summed E-state index contributed by atoms with van der Waals surface area (Å²) < 4.78 is 2.23. The zero-order valence-corrected chi connectivity index (χ0v) is 11.4. The van der Waals surface area contributed by atoms with Crippen molar-refractivity contribution in [1.29, 1.82) is 0 Å². The molecule has 1 heterocycles. The summed E-state index contributed by atoms with van der Waals surface area (Å²) in [5.41, 5.74) is 7.50. The van der Waals surface area contributed by atoms with Crippen molar-refractivity contribution in [2.75, 3.05) is 5.73 Å². The molecule has 0 unspecified atom stereocenters. The first-order chi connectivity index (χ1) is 8.15. The number of rotatable bonds is 4. The van der Waals surface area contributed by atoms with E-state index in [1.165, 1.54) is 37.2 Å². The van der Waals surface area contributed by atoms with Crippen molar-refractivity contribution < 1.29 is 0 Å². The zero-order chi connectivity index (χ0) is 12.4. The summed E-state index contributed by atoms with van der Waals surface area (Å²) >= 11 is 0. The third-order valence-electron chi connectivity index (χ3n) is 3.78. The highest BCUT2D eigenvalue weighted by atomic mass is 15.2. The van der Waals surface area contributed by atoms with Crippen LogP contribution in [0.5, 0.6) is 0 Å². The second kappa shape index (κ2) is 5.11. The van der Waals surface area contributed by atoms with Crippen LogP contribution in [-0.2, 0) is 6.42 Å². The Morgan fingerprint density at radius 1 is 1.35 bits per heavy atom. The largest absolute Gasteiger partial charge is 0.384 e. The number of aromatic nitrogens is 2. The summed E-state index contributed by atoms with van der Waals surface area (Å²) in [4.78, 5) is 4.84. The van der Waals surface area contributed by atoms with Gasteiger partial charge in [0, 0.05) is 18.4 Å². The molecule has 0 aliphatic heterocycles. The molecule has 0 atom stereocenters. The number of nitrogens with zero attached hydrogens (tertiary/aromatic N) is 2. The van der Waals surface area contributed by atoms with Crippen LogP contribution in [0, 0.1) is 0 Å². The van der Waals surface area contributed by atoms with Gasteiger partial charge in [0.1, 0.15) is 11.6 Å². The molecule has 0 saturated heterocycles. The number of hydrogen-bond donors (Lipinski definition) is 1. The van der Waals surface area contributed by atoms with Crippen LogP contribution in [0.15, 0.2) is 0 Å². The van der Waals surface area contributed by atoms with Gasteiger partial charge in [-0.05, 0) is 33.1 Å². The van der Waals surface area contributed by atoms with Crippen molar-refractivity contribution in [2.24, 2.45) is 0 Å². The van der Waals surface area contributed by atoms with Gasteiger partial charge in [-0.1, -0.05) is 19.8 Å². The third-order valence-corrected chi connectivity index (χ3v) is 3.78. The first kappa shape index (κ1) is 12.5. The van der Waals surface area contributed by atoms with E-state index in [9.17, 15) is 0 Å². The van der Waals surface area contributed by atoms with Crippen LogP contribution in [0.3, 0.4) is 0 Å². The average Bonchev–Trinajstić information content (AvgIpc) is 2.86. The Bertz CT molecular complexity index is 373. The van der Waals surface area contributed by atoms with E-state index in [1.807, 2.05) is 0 Å². The van der Waals surface area contributed by atoms with Crippen LogP contribution in [0.2, 0.25) is 0 Å². The van der Waals surface area contributed by atoms with Crippen molar-refractivity contribution in [3.8, 4) is 0 Å². The van der Waals surface area contributed by atoms with Crippen molar-refractivity contribution in [2.45, 2.75) is 71.3 Å². The van der Waals surface area contributed by atoms with Gasteiger partial charge >= 0.3 is 0 Å². The van der Waals surface area contributed by atoms with Gasteiger partial charge in [0.15, 0.2) is 0 Å². The van der Waals surface area contributed by atoms with Gasteiger partial charge in [-0.25, -0.2) is 4.98 Å². The third kappa shape index (κ3) is 2.33. The van der Waals surface area contributed by atoms with Crippen LogP contribution < -0.4 is 5.73 Å². The fourth-order valence-electron chi connectivity index (χ4n) is 2.99. The maximum absolute atomic E-state index is 6.32. The highest BCUT2D eigenvalue weighted by molar-refractivity contribution is 5.41. The molecule has 3 heteroatoms. The lowest BCUT2D eigenvalue weighted by Gasteiger charge is -2.14. The lowest BCUT2D eigenvalue weighted by molar-refractivity contribution is 0.571. The molecule has 1 fully saturated rings. The molecule has 1 aliphatic carbocycles. The van der Waals surface area contributed by atoms with Crippen molar-refractivity contribution in [3.63, 3.8) is 0 Å². The van der Waals surface area contributed by atoms with E-state index in [0.29, 0.717) is 12.0 Å². The molecule has 0 amide bonds. The molecule has 17 heavy (non-hydrogen) atoms. The van der Waals surface area contributed by atoms with Gasteiger partial charge in [0.2, 0.25) is 0 Å². The summed E-state index contributed by atoms with van der Waals surface area (Å²) in [5, 5.41) is 0. The molecule has 0 bridgehead atoms. The SMILES string of the molecule is CCCc1nc(C2CCCC2)c(N)n1C(C)C. The van der Waals surface area contributed by atoms with Gasteiger partial charge in [-0.15, -0.1) is 0 Å². The summed E-state index contributed by atoms with van der Waals surface area (Å²) in [6.45, 7) is 6.58. The highest BCUT2D eigenvalue weighted by Gasteiger charge is 2.25. The quantitative estimate of drug-likeness (QED) is 0.865. The number of nitrogens with two attached hydrogens (primary N) is 1. The molecule has 0 spiro atoms. The van der Waals surface area contributed by atoms with Crippen molar-refractivity contribution in [1.82, 2.24) is 9.55 Å². The molecule has 2 rings (SSSR count). The number of hydrogen-bond acceptors (Lipinski definition) is 2. The summed E-state index contributed by atoms with van der Waals surface area (Å²) in [5.74, 6) is 2.72. The maximum Gasteiger partial charge on any atom is 0.127 e. The molecule has 96 valence electrons. The van der Waals surface area contributed by atoms with E-state index in [4.69, 9.17) is 10.7 Å². The lowest BCUT2D eigenvalue weighted by atomic mass is 10.0. The first-order valence-corrected chi connectivity index (χ1v) is 7.01. The van der Waals surface area contributed by atoms with Crippen LogP contribution >= 0.6 is 0 Å². The predicted octanol–water partition coefficient (Wildman–Crippen LogP) is 3.66. The van der Waals surface area contributed by atoms with Gasteiger partial charge in [-0.2, -0.15) is 0 Å². The zero-order valence-electron chi connectivity index (χ0n) is 11.4. The minimum atomic E-state index is 0.416. The average molecular weight is 235 g/mol.